The first-order valence-corrected chi connectivity index (χ1v) is 10.6. The molecule has 3 rings (SSSR count). The number of benzene rings is 2. The van der Waals surface area contributed by atoms with Crippen LogP contribution in [0.5, 0.6) is 0 Å². The highest BCUT2D eigenvalue weighted by Gasteiger charge is 2.13. The molecule has 1 aromatic heterocycles. The monoisotopic (exact) mass is 419 g/mol. The average Bonchev–Trinajstić information content (AvgIpc) is 3.00. The molecule has 0 bridgehead atoms. The number of carbonyl (C=O) groups excluding carboxylic acids is 1. The number of carbonyl (C=O) groups is 1. The highest BCUT2D eigenvalue weighted by Crippen LogP contribution is 2.17. The Kier molecular flexibility index (Phi) is 5.97. The van der Waals surface area contributed by atoms with Crippen LogP contribution in [0.2, 0.25) is 0 Å². The molecule has 0 aliphatic heterocycles. The standard InChI is InChI=1S/C17H17N5O4S2/c18-28(25,26)14-8-4-7-13(9-14)19-15(23)11-27-17-21-20-16(24)22(17)10-12-5-2-1-3-6-12/h1-9H,10-11H2,(H,19,23)(H,20,24)(H2,18,25,26). The van der Waals surface area contributed by atoms with Crippen LogP contribution in [-0.2, 0) is 21.4 Å². The highest BCUT2D eigenvalue weighted by atomic mass is 32.2. The summed E-state index contributed by atoms with van der Waals surface area (Å²) in [5.74, 6) is -0.392. The van der Waals surface area contributed by atoms with Crippen LogP contribution in [0.15, 0.2) is 69.4 Å². The summed E-state index contributed by atoms with van der Waals surface area (Å²) in [5, 5.41) is 14.4. The van der Waals surface area contributed by atoms with Crippen LogP contribution in [0.4, 0.5) is 5.69 Å². The van der Waals surface area contributed by atoms with Gasteiger partial charge in [-0.25, -0.2) is 23.4 Å². The molecule has 3 aromatic rings. The molecule has 0 saturated heterocycles. The lowest BCUT2D eigenvalue weighted by atomic mass is 10.2. The molecule has 0 aliphatic rings. The summed E-state index contributed by atoms with van der Waals surface area (Å²) in [6.45, 7) is 0.330. The van der Waals surface area contributed by atoms with Crippen molar-refractivity contribution in [3.8, 4) is 0 Å². The molecule has 9 nitrogen and oxygen atoms in total. The predicted molar refractivity (Wildman–Crippen MR) is 106 cm³/mol. The number of nitrogens with zero attached hydrogens (tertiary/aromatic N) is 2. The number of anilines is 1. The van der Waals surface area contributed by atoms with E-state index >= 15 is 0 Å². The van der Waals surface area contributed by atoms with Crippen LogP contribution in [0.3, 0.4) is 0 Å². The van der Waals surface area contributed by atoms with Crippen molar-refractivity contribution in [2.24, 2.45) is 5.14 Å². The minimum atomic E-state index is -3.86. The van der Waals surface area contributed by atoms with Gasteiger partial charge < -0.3 is 5.32 Å². The molecule has 0 unspecified atom stereocenters. The molecule has 0 spiro atoms. The van der Waals surface area contributed by atoms with Crippen molar-refractivity contribution in [3.05, 3.63) is 70.6 Å². The van der Waals surface area contributed by atoms with Gasteiger partial charge in [-0.2, -0.15) is 0 Å². The van der Waals surface area contributed by atoms with Gasteiger partial charge in [-0.05, 0) is 23.8 Å². The number of sulfonamides is 1. The Morgan fingerprint density at radius 2 is 1.93 bits per heavy atom. The number of H-pyrrole nitrogens is 1. The SMILES string of the molecule is NS(=O)(=O)c1cccc(NC(=O)CSc2n[nH]c(=O)n2Cc2ccccc2)c1. The third-order valence-electron chi connectivity index (χ3n) is 3.69. The predicted octanol–water partition coefficient (Wildman–Crippen LogP) is 0.998. The van der Waals surface area contributed by atoms with E-state index in [0.29, 0.717) is 17.4 Å². The Morgan fingerprint density at radius 1 is 1.18 bits per heavy atom. The number of nitrogens with one attached hydrogen (secondary N) is 2. The van der Waals surface area contributed by atoms with Crippen LogP contribution in [0.25, 0.3) is 0 Å². The van der Waals surface area contributed by atoms with Gasteiger partial charge >= 0.3 is 5.69 Å². The lowest BCUT2D eigenvalue weighted by molar-refractivity contribution is -0.113. The van der Waals surface area contributed by atoms with Crippen molar-refractivity contribution in [1.82, 2.24) is 14.8 Å². The third kappa shape index (κ3) is 5.09. The van der Waals surface area contributed by atoms with E-state index in [4.69, 9.17) is 5.14 Å². The number of rotatable bonds is 7. The summed E-state index contributed by atoms with van der Waals surface area (Å²) < 4.78 is 24.2. The Morgan fingerprint density at radius 3 is 2.64 bits per heavy atom. The number of thioether (sulfide) groups is 1. The van der Waals surface area contributed by atoms with Crippen LogP contribution in [-0.4, -0.2) is 34.8 Å². The van der Waals surface area contributed by atoms with Crippen molar-refractivity contribution >= 4 is 33.4 Å². The Hall–Kier alpha value is -2.89. The van der Waals surface area contributed by atoms with E-state index in [1.807, 2.05) is 30.3 Å². The highest BCUT2D eigenvalue weighted by molar-refractivity contribution is 7.99. The minimum Gasteiger partial charge on any atom is -0.325 e. The lowest BCUT2D eigenvalue weighted by Crippen LogP contribution is -2.19. The Balaban J connectivity index is 1.65. The van der Waals surface area contributed by atoms with Crippen molar-refractivity contribution in [3.63, 3.8) is 0 Å². The second kappa shape index (κ2) is 8.42. The first kappa shape index (κ1) is 19.9. The first-order chi connectivity index (χ1) is 13.3. The molecule has 146 valence electrons. The number of primary sulfonamides is 1. The first-order valence-electron chi connectivity index (χ1n) is 8.07. The average molecular weight is 419 g/mol. The maximum atomic E-state index is 12.2. The number of aromatic nitrogens is 3. The van der Waals surface area contributed by atoms with E-state index < -0.39 is 10.0 Å². The summed E-state index contributed by atoms with van der Waals surface area (Å²) in [4.78, 5) is 24.1. The third-order valence-corrected chi connectivity index (χ3v) is 5.57. The van der Waals surface area contributed by atoms with Gasteiger partial charge in [0.15, 0.2) is 5.16 Å². The summed E-state index contributed by atoms with van der Waals surface area (Å²) >= 11 is 1.09. The van der Waals surface area contributed by atoms with Crippen LogP contribution in [0.1, 0.15) is 5.56 Å². The number of amides is 1. The summed E-state index contributed by atoms with van der Waals surface area (Å²) in [6, 6.07) is 15.0. The largest absolute Gasteiger partial charge is 0.344 e. The van der Waals surface area contributed by atoms with E-state index in [0.717, 1.165) is 17.3 Å². The molecule has 1 amide bonds. The van der Waals surface area contributed by atoms with Gasteiger partial charge in [0.05, 0.1) is 17.2 Å². The zero-order valence-corrected chi connectivity index (χ0v) is 16.2. The van der Waals surface area contributed by atoms with Crippen molar-refractivity contribution in [2.45, 2.75) is 16.6 Å². The zero-order valence-electron chi connectivity index (χ0n) is 14.5. The summed E-state index contributed by atoms with van der Waals surface area (Å²) in [5.41, 5.74) is 0.866. The van der Waals surface area contributed by atoms with E-state index in [-0.39, 0.29) is 22.2 Å². The molecular formula is C17H17N5O4S2. The topological polar surface area (TPSA) is 140 Å². The normalized spacial score (nSPS) is 11.3. The van der Waals surface area contributed by atoms with E-state index in [9.17, 15) is 18.0 Å². The summed E-state index contributed by atoms with van der Waals surface area (Å²) in [7, 11) is -3.86. The van der Waals surface area contributed by atoms with Crippen LogP contribution < -0.4 is 16.1 Å². The van der Waals surface area contributed by atoms with Crippen molar-refractivity contribution in [1.29, 1.82) is 0 Å². The molecule has 1 heterocycles. The molecule has 0 fully saturated rings. The molecule has 0 aliphatic carbocycles. The molecule has 0 radical (unpaired) electrons. The quantitative estimate of drug-likeness (QED) is 0.488. The minimum absolute atomic E-state index is 0.0152. The molecule has 4 N–H and O–H groups in total. The van der Waals surface area contributed by atoms with E-state index in [1.165, 1.54) is 22.8 Å². The molecular weight excluding hydrogens is 402 g/mol. The fraction of sp³-hybridized carbons (Fsp3) is 0.118. The molecule has 0 atom stereocenters. The number of aromatic amines is 1. The second-order valence-corrected chi connectivity index (χ2v) is 8.30. The van der Waals surface area contributed by atoms with Crippen molar-refractivity contribution in [2.75, 3.05) is 11.1 Å². The van der Waals surface area contributed by atoms with Gasteiger partial charge in [0.1, 0.15) is 0 Å². The molecule has 0 saturated carbocycles. The molecule has 11 heteroatoms. The van der Waals surface area contributed by atoms with Gasteiger partial charge in [-0.15, -0.1) is 5.10 Å². The maximum absolute atomic E-state index is 12.2. The van der Waals surface area contributed by atoms with Crippen LogP contribution >= 0.6 is 11.8 Å². The molecule has 28 heavy (non-hydrogen) atoms. The summed E-state index contributed by atoms with van der Waals surface area (Å²) in [6.07, 6.45) is 0. The fourth-order valence-corrected chi connectivity index (χ4v) is 3.70. The Labute approximate surface area is 165 Å². The van der Waals surface area contributed by atoms with Gasteiger partial charge in [0.25, 0.3) is 0 Å². The van der Waals surface area contributed by atoms with Gasteiger partial charge in [-0.1, -0.05) is 48.2 Å². The smallest absolute Gasteiger partial charge is 0.325 e. The maximum Gasteiger partial charge on any atom is 0.344 e. The second-order valence-electron chi connectivity index (χ2n) is 5.79. The fourth-order valence-electron chi connectivity index (χ4n) is 2.40. The van der Waals surface area contributed by atoms with Gasteiger partial charge in [0, 0.05) is 5.69 Å². The molecule has 2 aromatic carbocycles. The van der Waals surface area contributed by atoms with Crippen LogP contribution in [0, 0.1) is 0 Å². The van der Waals surface area contributed by atoms with Gasteiger partial charge in [-0.3, -0.25) is 9.36 Å². The lowest BCUT2D eigenvalue weighted by Gasteiger charge is -2.07. The van der Waals surface area contributed by atoms with E-state index in [2.05, 4.69) is 15.5 Å². The Bertz CT molecular complexity index is 1140. The number of hydrogen-bond acceptors (Lipinski definition) is 6. The number of nitrogens with two attached hydrogens (primary N) is 1. The van der Waals surface area contributed by atoms with E-state index in [1.54, 1.807) is 6.07 Å². The van der Waals surface area contributed by atoms with Crippen molar-refractivity contribution < 1.29 is 13.2 Å². The zero-order chi connectivity index (χ0) is 20.1. The van der Waals surface area contributed by atoms with Gasteiger partial charge in [0.2, 0.25) is 15.9 Å². The number of hydrogen-bond donors (Lipinski definition) is 3.